The van der Waals surface area contributed by atoms with Gasteiger partial charge in [0.05, 0.1) is 5.56 Å². The van der Waals surface area contributed by atoms with E-state index in [0.717, 1.165) is 6.07 Å². The van der Waals surface area contributed by atoms with Gasteiger partial charge in [-0.05, 0) is 24.3 Å². The Labute approximate surface area is 108 Å². The van der Waals surface area contributed by atoms with Crippen molar-refractivity contribution in [1.29, 1.82) is 0 Å². The molecular weight excluding hydrogens is 256 g/mol. The van der Waals surface area contributed by atoms with Gasteiger partial charge in [0.2, 0.25) is 5.82 Å². The van der Waals surface area contributed by atoms with E-state index in [0.29, 0.717) is 5.56 Å². The van der Waals surface area contributed by atoms with E-state index in [1.54, 1.807) is 24.3 Å². The van der Waals surface area contributed by atoms with E-state index < -0.39 is 11.6 Å². The topological polar surface area (TPSA) is 35.2 Å². The molecule has 5 heteroatoms. The zero-order valence-electron chi connectivity index (χ0n) is 9.19. The Hall–Kier alpha value is -2.01. The maximum Gasteiger partial charge on any atom is 0.201 e. The summed E-state index contributed by atoms with van der Waals surface area (Å²) in [5, 5.41) is 0. The first-order valence-electron chi connectivity index (χ1n) is 5.10. The monoisotopic (exact) mass is 265 g/mol. The van der Waals surface area contributed by atoms with Crippen molar-refractivity contribution >= 4 is 17.2 Å². The Morgan fingerprint density at radius 2 is 1.67 bits per heavy atom. The molecule has 2 rings (SSSR count). The normalized spacial score (nSPS) is 10.1. The molecule has 0 aliphatic carbocycles. The summed E-state index contributed by atoms with van der Waals surface area (Å²) < 4.78 is 31.8. The van der Waals surface area contributed by atoms with Crippen molar-refractivity contribution in [2.45, 2.75) is 0 Å². The molecule has 2 nitrogen and oxygen atoms in total. The standard InChI is InChI=1S/C13H9F2NOS/c14-9-5-3-7-11(12(9)15)17-10-6-2-1-4-8(10)13(16)18/h1-7H,(H2,16,18). The molecule has 0 aliphatic heterocycles. The van der Waals surface area contributed by atoms with E-state index in [4.69, 9.17) is 22.7 Å². The molecule has 2 aromatic carbocycles. The zero-order valence-corrected chi connectivity index (χ0v) is 10.0. The van der Waals surface area contributed by atoms with E-state index in [1.165, 1.54) is 12.1 Å². The fourth-order valence-electron chi connectivity index (χ4n) is 1.44. The van der Waals surface area contributed by atoms with E-state index in [2.05, 4.69) is 0 Å². The third kappa shape index (κ3) is 2.46. The van der Waals surface area contributed by atoms with Gasteiger partial charge in [-0.25, -0.2) is 4.39 Å². The van der Waals surface area contributed by atoms with Crippen LogP contribution in [0.1, 0.15) is 5.56 Å². The molecule has 0 heterocycles. The summed E-state index contributed by atoms with van der Waals surface area (Å²) in [6.45, 7) is 0. The third-order valence-electron chi connectivity index (χ3n) is 2.29. The highest BCUT2D eigenvalue weighted by Crippen LogP contribution is 2.28. The predicted molar refractivity (Wildman–Crippen MR) is 68.8 cm³/mol. The maximum absolute atomic E-state index is 13.5. The molecule has 0 aromatic heterocycles. The van der Waals surface area contributed by atoms with Crippen molar-refractivity contribution in [1.82, 2.24) is 0 Å². The number of hydrogen-bond acceptors (Lipinski definition) is 2. The van der Waals surface area contributed by atoms with Crippen LogP contribution in [0.5, 0.6) is 11.5 Å². The van der Waals surface area contributed by atoms with Gasteiger partial charge in [0, 0.05) is 0 Å². The van der Waals surface area contributed by atoms with Crippen molar-refractivity contribution < 1.29 is 13.5 Å². The number of halogens is 2. The summed E-state index contributed by atoms with van der Waals surface area (Å²) in [4.78, 5) is 0.127. The lowest BCUT2D eigenvalue weighted by Gasteiger charge is -2.10. The van der Waals surface area contributed by atoms with Crippen LogP contribution in [0.2, 0.25) is 0 Å². The van der Waals surface area contributed by atoms with Crippen LogP contribution < -0.4 is 10.5 Å². The van der Waals surface area contributed by atoms with Gasteiger partial charge in [0.1, 0.15) is 10.7 Å². The third-order valence-corrected chi connectivity index (χ3v) is 2.51. The van der Waals surface area contributed by atoms with Gasteiger partial charge in [-0.1, -0.05) is 30.4 Å². The first-order chi connectivity index (χ1) is 8.59. The van der Waals surface area contributed by atoms with Crippen LogP contribution in [0, 0.1) is 11.6 Å². The van der Waals surface area contributed by atoms with Crippen LogP contribution >= 0.6 is 12.2 Å². The lowest BCUT2D eigenvalue weighted by atomic mass is 10.2. The number of nitrogens with two attached hydrogens (primary N) is 1. The maximum atomic E-state index is 13.5. The number of ether oxygens (including phenoxy) is 1. The second kappa shape index (κ2) is 5.10. The summed E-state index contributed by atoms with van der Waals surface area (Å²) in [6, 6.07) is 10.3. The van der Waals surface area contributed by atoms with Gasteiger partial charge in [-0.3, -0.25) is 0 Å². The zero-order chi connectivity index (χ0) is 13.1. The Morgan fingerprint density at radius 1 is 1.00 bits per heavy atom. The quantitative estimate of drug-likeness (QED) is 0.864. The van der Waals surface area contributed by atoms with E-state index in [1.807, 2.05) is 0 Å². The summed E-state index contributed by atoms with van der Waals surface area (Å²) >= 11 is 4.85. The molecule has 0 saturated heterocycles. The molecule has 0 amide bonds. The SMILES string of the molecule is NC(=S)c1ccccc1Oc1cccc(F)c1F. The summed E-state index contributed by atoms with van der Waals surface area (Å²) in [7, 11) is 0. The lowest BCUT2D eigenvalue weighted by molar-refractivity contribution is 0.415. The van der Waals surface area contributed by atoms with Crippen LogP contribution in [-0.2, 0) is 0 Å². The average molecular weight is 265 g/mol. The molecule has 0 atom stereocenters. The molecule has 92 valence electrons. The van der Waals surface area contributed by atoms with Gasteiger partial charge < -0.3 is 10.5 Å². The average Bonchev–Trinajstić information content (AvgIpc) is 2.35. The van der Waals surface area contributed by atoms with E-state index in [9.17, 15) is 8.78 Å². The molecule has 0 aliphatic rings. The second-order valence-corrected chi connectivity index (χ2v) is 3.95. The largest absolute Gasteiger partial charge is 0.453 e. The highest BCUT2D eigenvalue weighted by Gasteiger charge is 2.12. The Kier molecular flexibility index (Phi) is 3.53. The summed E-state index contributed by atoms with van der Waals surface area (Å²) in [5.74, 6) is -1.94. The van der Waals surface area contributed by atoms with Gasteiger partial charge in [-0.15, -0.1) is 0 Å². The second-order valence-electron chi connectivity index (χ2n) is 3.51. The molecule has 0 bridgehead atoms. The highest BCUT2D eigenvalue weighted by atomic mass is 32.1. The number of thiocarbonyl (C=S) groups is 1. The van der Waals surface area contributed by atoms with Crippen LogP contribution in [0.25, 0.3) is 0 Å². The van der Waals surface area contributed by atoms with Crippen LogP contribution in [-0.4, -0.2) is 4.99 Å². The Bertz CT molecular complexity index is 601. The molecular formula is C13H9F2NOS. The first kappa shape index (κ1) is 12.4. The summed E-state index contributed by atoms with van der Waals surface area (Å²) in [6.07, 6.45) is 0. The van der Waals surface area contributed by atoms with E-state index >= 15 is 0 Å². The Morgan fingerprint density at radius 3 is 2.39 bits per heavy atom. The Balaban J connectivity index is 2.40. The van der Waals surface area contributed by atoms with Crippen LogP contribution in [0.4, 0.5) is 8.78 Å². The minimum Gasteiger partial charge on any atom is -0.453 e. The van der Waals surface area contributed by atoms with Crippen molar-refractivity contribution in [3.8, 4) is 11.5 Å². The predicted octanol–water partition coefficient (Wildman–Crippen LogP) is 3.39. The summed E-state index contributed by atoms with van der Waals surface area (Å²) in [5.41, 5.74) is 5.99. The molecule has 0 spiro atoms. The minimum atomic E-state index is -1.05. The first-order valence-corrected chi connectivity index (χ1v) is 5.51. The van der Waals surface area contributed by atoms with Gasteiger partial charge >= 0.3 is 0 Å². The number of rotatable bonds is 3. The number of para-hydroxylation sites is 1. The molecule has 18 heavy (non-hydrogen) atoms. The molecule has 0 saturated carbocycles. The van der Waals surface area contributed by atoms with Crippen molar-refractivity contribution in [2.75, 3.05) is 0 Å². The van der Waals surface area contributed by atoms with Crippen molar-refractivity contribution in [3.63, 3.8) is 0 Å². The number of benzene rings is 2. The van der Waals surface area contributed by atoms with Crippen molar-refractivity contribution in [3.05, 3.63) is 59.7 Å². The highest BCUT2D eigenvalue weighted by molar-refractivity contribution is 7.80. The van der Waals surface area contributed by atoms with Gasteiger partial charge in [0.25, 0.3) is 0 Å². The fraction of sp³-hybridized carbons (Fsp3) is 0. The lowest BCUT2D eigenvalue weighted by Crippen LogP contribution is -2.10. The molecule has 2 aromatic rings. The molecule has 0 fully saturated rings. The smallest absolute Gasteiger partial charge is 0.201 e. The van der Waals surface area contributed by atoms with Gasteiger partial charge in [0.15, 0.2) is 11.6 Å². The van der Waals surface area contributed by atoms with Gasteiger partial charge in [-0.2, -0.15) is 4.39 Å². The molecule has 2 N–H and O–H groups in total. The molecule has 0 radical (unpaired) electrons. The number of hydrogen-bond donors (Lipinski definition) is 1. The van der Waals surface area contributed by atoms with Crippen molar-refractivity contribution in [2.24, 2.45) is 5.73 Å². The van der Waals surface area contributed by atoms with Crippen LogP contribution in [0.15, 0.2) is 42.5 Å². The van der Waals surface area contributed by atoms with Crippen LogP contribution in [0.3, 0.4) is 0 Å². The van der Waals surface area contributed by atoms with E-state index in [-0.39, 0.29) is 16.5 Å². The fourth-order valence-corrected chi connectivity index (χ4v) is 1.61. The minimum absolute atomic E-state index is 0.127. The molecule has 0 unspecified atom stereocenters.